The molecule has 0 atom stereocenters. The number of hydrogen-bond donors (Lipinski definition) is 0. The van der Waals surface area contributed by atoms with Crippen LogP contribution in [0.4, 0.5) is 5.69 Å². The molecule has 2 rings (SSSR count). The zero-order valence-corrected chi connectivity index (χ0v) is 13.8. The Kier molecular flexibility index (Phi) is 5.47. The van der Waals surface area contributed by atoms with Gasteiger partial charge in [0.25, 0.3) is 0 Å². The molecule has 0 fully saturated rings. The van der Waals surface area contributed by atoms with Gasteiger partial charge in [-0.25, -0.2) is 0 Å². The van der Waals surface area contributed by atoms with Crippen molar-refractivity contribution in [1.29, 1.82) is 0 Å². The number of benzene rings is 2. The smallest absolute Gasteiger partial charge is 0.170 e. The number of aromatic carboxylic acids is 1. The first-order valence-corrected chi connectivity index (χ1v) is 7.19. The van der Waals surface area contributed by atoms with Gasteiger partial charge in [-0.05, 0) is 30.3 Å². The van der Waals surface area contributed by atoms with Crippen molar-refractivity contribution in [3.05, 3.63) is 51.5 Å². The zero-order chi connectivity index (χ0) is 17.0. The highest BCUT2D eigenvalue weighted by molar-refractivity contribution is 6.42. The Hall–Kier alpha value is -2.24. The number of ether oxygens (including phenoxy) is 2. The van der Waals surface area contributed by atoms with Gasteiger partial charge in [0.2, 0.25) is 0 Å². The third kappa shape index (κ3) is 3.75. The summed E-state index contributed by atoms with van der Waals surface area (Å²) in [5, 5.41) is 12.2. The number of carbonyl (C=O) groups excluding carboxylic acids is 1. The Morgan fingerprint density at radius 1 is 1.13 bits per heavy atom. The Morgan fingerprint density at radius 2 is 1.87 bits per heavy atom. The molecule has 120 valence electrons. The molecule has 0 aliphatic heterocycles. The quantitative estimate of drug-likeness (QED) is 0.775. The van der Waals surface area contributed by atoms with E-state index in [4.69, 9.17) is 32.7 Å². The van der Waals surface area contributed by atoms with Gasteiger partial charge in [0.15, 0.2) is 11.5 Å². The van der Waals surface area contributed by atoms with E-state index in [0.29, 0.717) is 27.0 Å². The van der Waals surface area contributed by atoms with Crippen molar-refractivity contribution in [3.8, 4) is 11.5 Å². The molecule has 2 aromatic rings. The minimum absolute atomic E-state index is 0.0746. The molecule has 0 spiro atoms. The van der Waals surface area contributed by atoms with Crippen molar-refractivity contribution >= 4 is 41.1 Å². The molecule has 2 aromatic carbocycles. The summed E-state index contributed by atoms with van der Waals surface area (Å²) in [4.78, 5) is 15.6. The average molecular weight is 353 g/mol. The van der Waals surface area contributed by atoms with Crippen LogP contribution < -0.4 is 14.6 Å². The fraction of sp³-hybridized carbons (Fsp3) is 0.125. The first-order chi connectivity index (χ1) is 11.0. The summed E-state index contributed by atoms with van der Waals surface area (Å²) in [6, 6.07) is 7.96. The van der Waals surface area contributed by atoms with Gasteiger partial charge in [-0.15, -0.1) is 0 Å². The van der Waals surface area contributed by atoms with Gasteiger partial charge in [-0.1, -0.05) is 23.2 Å². The molecule has 0 saturated heterocycles. The highest BCUT2D eigenvalue weighted by Gasteiger charge is 2.15. The monoisotopic (exact) mass is 352 g/mol. The molecular weight excluding hydrogens is 341 g/mol. The van der Waals surface area contributed by atoms with E-state index < -0.39 is 5.97 Å². The van der Waals surface area contributed by atoms with E-state index in [2.05, 4.69) is 4.99 Å². The van der Waals surface area contributed by atoms with Crippen LogP contribution in [0.5, 0.6) is 11.5 Å². The predicted octanol–water partition coefficient (Wildman–Crippen LogP) is 3.12. The molecule has 0 aromatic heterocycles. The molecule has 0 bridgehead atoms. The third-order valence-electron chi connectivity index (χ3n) is 3.04. The molecule has 0 amide bonds. The van der Waals surface area contributed by atoms with Gasteiger partial charge in [-0.2, -0.15) is 0 Å². The van der Waals surface area contributed by atoms with E-state index in [9.17, 15) is 9.90 Å². The van der Waals surface area contributed by atoms with Crippen molar-refractivity contribution < 1.29 is 19.4 Å². The molecule has 0 radical (unpaired) electrons. The molecule has 0 saturated carbocycles. The lowest BCUT2D eigenvalue weighted by molar-refractivity contribution is -0.255. The Balaban J connectivity index is 2.48. The lowest BCUT2D eigenvalue weighted by atomic mass is 10.1. The predicted molar refractivity (Wildman–Crippen MR) is 87.6 cm³/mol. The standard InChI is InChI=1S/C16H13Cl2NO4/c1-22-13-6-3-9(14(16(20)21)15(13)23-2)8-19-10-4-5-11(17)12(18)7-10/h3-8H,1-2H3,(H,20,21)/p-1. The van der Waals surface area contributed by atoms with Crippen LogP contribution in [0.25, 0.3) is 0 Å². The molecule has 7 heteroatoms. The maximum atomic E-state index is 11.4. The lowest BCUT2D eigenvalue weighted by Crippen LogP contribution is -2.24. The summed E-state index contributed by atoms with van der Waals surface area (Å²) in [7, 11) is 2.77. The molecule has 0 N–H and O–H groups in total. The van der Waals surface area contributed by atoms with Gasteiger partial charge in [0.1, 0.15) is 0 Å². The van der Waals surface area contributed by atoms with Gasteiger partial charge in [0, 0.05) is 11.8 Å². The number of nitrogens with zero attached hydrogens (tertiary/aromatic N) is 1. The fourth-order valence-electron chi connectivity index (χ4n) is 1.97. The van der Waals surface area contributed by atoms with Crippen LogP contribution in [-0.2, 0) is 0 Å². The maximum Gasteiger partial charge on any atom is 0.170 e. The molecule has 5 nitrogen and oxygen atoms in total. The number of halogens is 2. The number of aliphatic imine (C=N–C) groups is 1. The second-order valence-electron chi connectivity index (χ2n) is 4.41. The van der Waals surface area contributed by atoms with Crippen LogP contribution >= 0.6 is 23.2 Å². The van der Waals surface area contributed by atoms with E-state index in [1.807, 2.05) is 0 Å². The molecule has 23 heavy (non-hydrogen) atoms. The second-order valence-corrected chi connectivity index (χ2v) is 5.22. The molecule has 0 aliphatic rings. The highest BCUT2D eigenvalue weighted by atomic mass is 35.5. The first-order valence-electron chi connectivity index (χ1n) is 6.43. The lowest BCUT2D eigenvalue weighted by Gasteiger charge is -2.15. The van der Waals surface area contributed by atoms with E-state index in [1.54, 1.807) is 30.3 Å². The number of methoxy groups -OCH3 is 2. The summed E-state index contributed by atoms with van der Waals surface area (Å²) in [5.74, 6) is -1.03. The SMILES string of the molecule is COc1ccc(C=Nc2ccc(Cl)c(Cl)c2)c(C(=O)[O-])c1OC. The Bertz CT molecular complexity index is 775. The largest absolute Gasteiger partial charge is 0.545 e. The van der Waals surface area contributed by atoms with Crippen LogP contribution in [0, 0.1) is 0 Å². The number of carbonyl (C=O) groups is 1. The molecule has 0 aliphatic carbocycles. The first kappa shape index (κ1) is 17.1. The summed E-state index contributed by atoms with van der Waals surface area (Å²) in [5.41, 5.74) is 0.697. The Morgan fingerprint density at radius 3 is 2.43 bits per heavy atom. The number of carboxylic acids is 1. The minimum Gasteiger partial charge on any atom is -0.545 e. The van der Waals surface area contributed by atoms with Gasteiger partial charge >= 0.3 is 0 Å². The fourth-order valence-corrected chi connectivity index (χ4v) is 2.26. The number of carboxylic acid groups (broad SMARTS) is 1. The topological polar surface area (TPSA) is 71.0 Å². The van der Waals surface area contributed by atoms with Crippen molar-refractivity contribution in [3.63, 3.8) is 0 Å². The normalized spacial score (nSPS) is 10.8. The van der Waals surface area contributed by atoms with E-state index in [1.165, 1.54) is 20.4 Å². The maximum absolute atomic E-state index is 11.4. The Labute approximate surface area is 143 Å². The van der Waals surface area contributed by atoms with E-state index >= 15 is 0 Å². The van der Waals surface area contributed by atoms with Crippen LogP contribution in [0.15, 0.2) is 35.3 Å². The minimum atomic E-state index is -1.39. The van der Waals surface area contributed by atoms with Crippen LogP contribution in [0.1, 0.15) is 15.9 Å². The van der Waals surface area contributed by atoms with E-state index in [0.717, 1.165) is 0 Å². The summed E-state index contributed by atoms with van der Waals surface area (Å²) < 4.78 is 10.2. The van der Waals surface area contributed by atoms with Crippen LogP contribution in [0.2, 0.25) is 10.0 Å². The van der Waals surface area contributed by atoms with Crippen LogP contribution in [-0.4, -0.2) is 26.4 Å². The van der Waals surface area contributed by atoms with Crippen molar-refractivity contribution in [2.75, 3.05) is 14.2 Å². The van der Waals surface area contributed by atoms with Gasteiger partial charge in [0.05, 0.1) is 41.5 Å². The molecular formula is C16H12Cl2NO4-. The van der Waals surface area contributed by atoms with Gasteiger partial charge < -0.3 is 19.4 Å². The number of rotatable bonds is 5. The third-order valence-corrected chi connectivity index (χ3v) is 3.78. The van der Waals surface area contributed by atoms with E-state index in [-0.39, 0.29) is 11.3 Å². The average Bonchev–Trinajstić information content (AvgIpc) is 2.54. The van der Waals surface area contributed by atoms with Crippen molar-refractivity contribution in [2.45, 2.75) is 0 Å². The van der Waals surface area contributed by atoms with Crippen LogP contribution in [0.3, 0.4) is 0 Å². The molecule has 0 unspecified atom stereocenters. The van der Waals surface area contributed by atoms with Gasteiger partial charge in [-0.3, -0.25) is 4.99 Å². The van der Waals surface area contributed by atoms with Crippen molar-refractivity contribution in [1.82, 2.24) is 0 Å². The number of hydrogen-bond acceptors (Lipinski definition) is 5. The summed E-state index contributed by atoms with van der Waals surface area (Å²) in [6.45, 7) is 0. The zero-order valence-electron chi connectivity index (χ0n) is 12.3. The highest BCUT2D eigenvalue weighted by Crippen LogP contribution is 2.33. The van der Waals surface area contributed by atoms with Crippen molar-refractivity contribution in [2.24, 2.45) is 4.99 Å². The summed E-state index contributed by atoms with van der Waals surface area (Å²) in [6.07, 6.45) is 1.38. The second kappa shape index (κ2) is 7.35. The molecule has 0 heterocycles. The summed E-state index contributed by atoms with van der Waals surface area (Å²) >= 11 is 11.8.